The average molecular weight is 566 g/mol. The Morgan fingerprint density at radius 3 is 2.36 bits per heavy atom. The first-order chi connectivity index (χ1) is 18.9. The van der Waals surface area contributed by atoms with Crippen LogP contribution in [0.25, 0.3) is 11.3 Å². The number of carbonyl (C=O) groups excluding carboxylic acids is 1. The normalized spacial score (nSPS) is 13.9. The van der Waals surface area contributed by atoms with Gasteiger partial charge in [-0.05, 0) is 28.4 Å². The average Bonchev–Trinajstić information content (AvgIpc) is 2.94. The summed E-state index contributed by atoms with van der Waals surface area (Å²) in [6.45, 7) is 1.47. The van der Waals surface area contributed by atoms with Crippen LogP contribution in [0.1, 0.15) is 24.2 Å². The van der Waals surface area contributed by atoms with Crippen molar-refractivity contribution in [1.82, 2.24) is 10.1 Å². The number of methoxy groups -OCH3 is 3. The van der Waals surface area contributed by atoms with Gasteiger partial charge in [-0.2, -0.15) is 0 Å². The van der Waals surface area contributed by atoms with Gasteiger partial charge < -0.3 is 14.2 Å². The van der Waals surface area contributed by atoms with Gasteiger partial charge in [0.15, 0.2) is 0 Å². The Bertz CT molecular complexity index is 1600. The van der Waals surface area contributed by atoms with Crippen LogP contribution in [0.15, 0.2) is 70.6 Å². The molecule has 0 spiro atoms. The smallest absolute Gasteiger partial charge is 0.325 e. The number of thioether (sulfide) groups is 1. The number of H-pyrrole nitrogens is 1. The Hall–Kier alpha value is -4.02. The third-order valence-electron chi connectivity index (χ3n) is 6.43. The molecule has 39 heavy (non-hydrogen) atoms. The number of aromatic nitrogens is 3. The molecule has 11 heteroatoms. The maximum atomic E-state index is 13.6. The molecular weight excluding hydrogens is 540 g/mol. The highest BCUT2D eigenvalue weighted by Gasteiger charge is 2.47. The van der Waals surface area contributed by atoms with Crippen molar-refractivity contribution < 1.29 is 23.7 Å². The summed E-state index contributed by atoms with van der Waals surface area (Å²) in [5.74, 6) is 1.56. The lowest BCUT2D eigenvalue weighted by atomic mass is 10.00. The first-order valence-electron chi connectivity index (χ1n) is 12.0. The van der Waals surface area contributed by atoms with E-state index in [4.69, 9.17) is 30.9 Å². The molecule has 4 aromatic rings. The molecule has 1 atom stereocenters. The summed E-state index contributed by atoms with van der Waals surface area (Å²) in [4.78, 5) is 31.4. The second kappa shape index (κ2) is 11.0. The standard InChI is InChI=1S/C28H25ClN4O5S/c1-16(34)32-21-12-8-6-10-19(21)25-26(35)30-28(39-15-17-9-5-7-11-20(17)29)31-33(25)27(32)24-22(37-3)13-18(36-2)14-23(24)38-4/h5-14,27H,15H2,1-4H3/p+1/t27-/m1/s1. The van der Waals surface area contributed by atoms with Gasteiger partial charge in [-0.3, -0.25) is 14.6 Å². The fourth-order valence-electron chi connectivity index (χ4n) is 4.69. The molecule has 0 saturated heterocycles. The highest BCUT2D eigenvalue weighted by molar-refractivity contribution is 7.98. The van der Waals surface area contributed by atoms with Crippen molar-refractivity contribution in [1.29, 1.82) is 0 Å². The molecule has 2 heterocycles. The zero-order chi connectivity index (χ0) is 27.7. The number of fused-ring (bicyclic) bond motifs is 3. The zero-order valence-corrected chi connectivity index (χ0v) is 23.3. The van der Waals surface area contributed by atoms with E-state index in [1.54, 1.807) is 41.0 Å². The molecule has 200 valence electrons. The Kier molecular flexibility index (Phi) is 7.49. The van der Waals surface area contributed by atoms with Crippen molar-refractivity contribution in [3.05, 3.63) is 87.2 Å². The van der Waals surface area contributed by atoms with Crippen molar-refractivity contribution in [2.24, 2.45) is 0 Å². The number of aromatic amines is 1. The van der Waals surface area contributed by atoms with Crippen LogP contribution < -0.4 is 29.4 Å². The van der Waals surface area contributed by atoms with Gasteiger partial charge in [0.1, 0.15) is 22.8 Å². The molecule has 1 aromatic heterocycles. The zero-order valence-electron chi connectivity index (χ0n) is 21.7. The fourth-order valence-corrected chi connectivity index (χ4v) is 5.82. The maximum Gasteiger partial charge on any atom is 0.325 e. The molecular formula is C28H26ClN4O5S+. The summed E-state index contributed by atoms with van der Waals surface area (Å²) >= 11 is 7.68. The van der Waals surface area contributed by atoms with Gasteiger partial charge in [0, 0.05) is 34.9 Å². The summed E-state index contributed by atoms with van der Waals surface area (Å²) in [5.41, 5.74) is 2.51. The Morgan fingerprint density at radius 1 is 1.05 bits per heavy atom. The van der Waals surface area contributed by atoms with E-state index < -0.39 is 6.17 Å². The first-order valence-corrected chi connectivity index (χ1v) is 13.4. The largest absolute Gasteiger partial charge is 0.496 e. The number of ether oxygens (including phenoxy) is 3. The third kappa shape index (κ3) is 4.81. The van der Waals surface area contributed by atoms with E-state index in [2.05, 4.69) is 4.98 Å². The summed E-state index contributed by atoms with van der Waals surface area (Å²) < 4.78 is 18.5. The highest BCUT2D eigenvalue weighted by atomic mass is 35.5. The monoisotopic (exact) mass is 565 g/mol. The van der Waals surface area contributed by atoms with Crippen LogP contribution in [-0.4, -0.2) is 37.3 Å². The number of rotatable bonds is 7. The van der Waals surface area contributed by atoms with E-state index in [0.29, 0.717) is 55.7 Å². The first kappa shape index (κ1) is 26.6. The molecule has 0 saturated carbocycles. The van der Waals surface area contributed by atoms with Gasteiger partial charge >= 0.3 is 17.4 Å². The molecule has 1 aliphatic rings. The van der Waals surface area contributed by atoms with Gasteiger partial charge in [-0.15, -0.1) is 0 Å². The number of carbonyl (C=O) groups is 1. The minimum atomic E-state index is -0.898. The van der Waals surface area contributed by atoms with Gasteiger partial charge in [-0.1, -0.05) is 53.7 Å². The van der Waals surface area contributed by atoms with E-state index in [1.807, 2.05) is 36.4 Å². The van der Waals surface area contributed by atoms with Crippen LogP contribution in [0.3, 0.4) is 0 Å². The van der Waals surface area contributed by atoms with Crippen molar-refractivity contribution in [3.8, 4) is 28.5 Å². The van der Waals surface area contributed by atoms with Crippen LogP contribution in [-0.2, 0) is 10.5 Å². The number of nitrogens with one attached hydrogen (secondary N) is 1. The maximum absolute atomic E-state index is 13.6. The molecule has 0 aliphatic carbocycles. The second-order valence-electron chi connectivity index (χ2n) is 8.66. The SMILES string of the molecule is COc1cc(OC)c([C@@H]2N(C(C)=O)c3ccccc3-c3c(=O)[nH]c(SCc4ccccc4Cl)n[n+]32)c(OC)c1. The van der Waals surface area contributed by atoms with E-state index in [-0.39, 0.29) is 11.5 Å². The van der Waals surface area contributed by atoms with Crippen molar-refractivity contribution in [3.63, 3.8) is 0 Å². The van der Waals surface area contributed by atoms with Crippen LogP contribution in [0.4, 0.5) is 5.69 Å². The topological polar surface area (TPSA) is 97.6 Å². The number of para-hydroxylation sites is 1. The van der Waals surface area contributed by atoms with Gasteiger partial charge in [0.25, 0.3) is 0 Å². The van der Waals surface area contributed by atoms with Crippen LogP contribution >= 0.6 is 23.4 Å². The Labute approximate surface area is 234 Å². The molecule has 1 amide bonds. The Balaban J connectivity index is 1.76. The fraction of sp³-hybridized carbons (Fsp3) is 0.214. The molecule has 0 radical (unpaired) electrons. The molecule has 0 unspecified atom stereocenters. The number of halogens is 1. The molecule has 5 rings (SSSR count). The number of hydrogen-bond acceptors (Lipinski definition) is 7. The van der Waals surface area contributed by atoms with Crippen molar-refractivity contribution in [2.75, 3.05) is 26.2 Å². The number of amides is 1. The molecule has 1 N–H and O–H groups in total. The van der Waals surface area contributed by atoms with E-state index in [1.165, 1.54) is 32.9 Å². The number of anilines is 1. The number of benzene rings is 3. The van der Waals surface area contributed by atoms with E-state index >= 15 is 0 Å². The van der Waals surface area contributed by atoms with Gasteiger partial charge in [0.05, 0.1) is 32.6 Å². The van der Waals surface area contributed by atoms with E-state index in [0.717, 1.165) is 5.56 Å². The number of hydrogen-bond donors (Lipinski definition) is 1. The minimum absolute atomic E-state index is 0.252. The number of nitrogens with zero attached hydrogens (tertiary/aromatic N) is 3. The second-order valence-corrected chi connectivity index (χ2v) is 10.0. The van der Waals surface area contributed by atoms with Gasteiger partial charge in [0.2, 0.25) is 11.1 Å². The quantitative estimate of drug-likeness (QED) is 0.258. The summed E-state index contributed by atoms with van der Waals surface area (Å²) in [7, 11) is 4.59. The lowest BCUT2D eigenvalue weighted by molar-refractivity contribution is -0.763. The lowest BCUT2D eigenvalue weighted by Crippen LogP contribution is -2.60. The van der Waals surface area contributed by atoms with Crippen molar-refractivity contribution >= 4 is 35.0 Å². The predicted molar refractivity (Wildman–Crippen MR) is 149 cm³/mol. The van der Waals surface area contributed by atoms with Crippen molar-refractivity contribution in [2.45, 2.75) is 24.0 Å². The summed E-state index contributed by atoms with van der Waals surface area (Å²) in [6.07, 6.45) is -0.898. The molecule has 1 aliphatic heterocycles. The van der Waals surface area contributed by atoms with Crippen LogP contribution in [0, 0.1) is 0 Å². The van der Waals surface area contributed by atoms with E-state index in [9.17, 15) is 9.59 Å². The molecule has 0 bridgehead atoms. The summed E-state index contributed by atoms with van der Waals surface area (Å²) in [6, 6.07) is 18.1. The highest BCUT2D eigenvalue weighted by Crippen LogP contribution is 2.44. The molecule has 0 fully saturated rings. The van der Waals surface area contributed by atoms with Gasteiger partial charge in [-0.25, -0.2) is 4.90 Å². The Morgan fingerprint density at radius 2 is 1.72 bits per heavy atom. The third-order valence-corrected chi connectivity index (χ3v) is 7.71. The predicted octanol–water partition coefficient (Wildman–Crippen LogP) is 4.61. The minimum Gasteiger partial charge on any atom is -0.496 e. The molecule has 3 aromatic carbocycles. The van der Waals surface area contributed by atoms with Crippen LogP contribution in [0.5, 0.6) is 17.2 Å². The van der Waals surface area contributed by atoms with Crippen LogP contribution in [0.2, 0.25) is 5.02 Å². The molecule has 9 nitrogen and oxygen atoms in total. The summed E-state index contributed by atoms with van der Waals surface area (Å²) in [5, 5.41) is 5.84. The lowest BCUT2D eigenvalue weighted by Gasteiger charge is -2.32.